The van der Waals surface area contributed by atoms with E-state index in [1.807, 2.05) is 18.2 Å². The summed E-state index contributed by atoms with van der Waals surface area (Å²) < 4.78 is 11.8. The maximum absolute atomic E-state index is 6.50. The summed E-state index contributed by atoms with van der Waals surface area (Å²) in [6.07, 6.45) is 4.57. The normalized spacial score (nSPS) is 36.3. The molecule has 20 heavy (non-hydrogen) atoms. The van der Waals surface area contributed by atoms with Crippen molar-refractivity contribution in [1.82, 2.24) is 0 Å². The smallest absolute Gasteiger partial charge is 0.128 e. The predicted molar refractivity (Wildman–Crippen MR) is 80.1 cm³/mol. The van der Waals surface area contributed by atoms with Crippen molar-refractivity contribution in [3.8, 4) is 11.5 Å². The molecule has 3 nitrogen and oxygen atoms in total. The van der Waals surface area contributed by atoms with Gasteiger partial charge < -0.3 is 15.2 Å². The summed E-state index contributed by atoms with van der Waals surface area (Å²) in [5, 5.41) is 0. The highest BCUT2D eigenvalue weighted by Crippen LogP contribution is 2.50. The largest absolute Gasteiger partial charge is 0.497 e. The minimum absolute atomic E-state index is 0.0670. The van der Waals surface area contributed by atoms with E-state index in [2.05, 4.69) is 13.8 Å². The molecule has 1 fully saturated rings. The van der Waals surface area contributed by atoms with Crippen molar-refractivity contribution in [2.24, 2.45) is 17.6 Å². The van der Waals surface area contributed by atoms with Crippen LogP contribution in [0.5, 0.6) is 11.5 Å². The number of nitrogens with two attached hydrogens (primary N) is 1. The van der Waals surface area contributed by atoms with Crippen LogP contribution in [0, 0.1) is 11.8 Å². The second kappa shape index (κ2) is 4.96. The first-order valence-electron chi connectivity index (χ1n) is 7.68. The van der Waals surface area contributed by atoms with Gasteiger partial charge in [0, 0.05) is 24.1 Å². The lowest BCUT2D eigenvalue weighted by Crippen LogP contribution is -2.51. The zero-order valence-corrected chi connectivity index (χ0v) is 12.7. The van der Waals surface area contributed by atoms with Crippen molar-refractivity contribution >= 4 is 0 Å². The second-order valence-corrected chi connectivity index (χ2v) is 6.54. The van der Waals surface area contributed by atoms with Gasteiger partial charge in [0.1, 0.15) is 17.1 Å². The summed E-state index contributed by atoms with van der Waals surface area (Å²) in [6.45, 7) is 4.66. The molecule has 0 aromatic heterocycles. The van der Waals surface area contributed by atoms with Gasteiger partial charge in [-0.2, -0.15) is 0 Å². The molecule has 1 saturated carbocycles. The van der Waals surface area contributed by atoms with E-state index in [0.29, 0.717) is 11.8 Å². The molecule has 1 spiro atoms. The van der Waals surface area contributed by atoms with Crippen molar-refractivity contribution < 1.29 is 9.47 Å². The Hall–Kier alpha value is -1.22. The SMILES string of the molecule is COc1ccc2c(c1)OC1(CCCC(C)C1C)CC2N. The Kier molecular flexibility index (Phi) is 3.41. The maximum atomic E-state index is 6.50. The van der Waals surface area contributed by atoms with E-state index in [0.717, 1.165) is 29.9 Å². The molecule has 1 aliphatic carbocycles. The first-order valence-corrected chi connectivity index (χ1v) is 7.68. The number of benzene rings is 1. The number of hydrogen-bond acceptors (Lipinski definition) is 3. The third-order valence-electron chi connectivity index (χ3n) is 5.44. The van der Waals surface area contributed by atoms with Crippen molar-refractivity contribution in [2.75, 3.05) is 7.11 Å². The summed E-state index contributed by atoms with van der Waals surface area (Å²) in [5.41, 5.74) is 7.46. The molecule has 1 aromatic rings. The van der Waals surface area contributed by atoms with Gasteiger partial charge in [0.2, 0.25) is 0 Å². The molecule has 110 valence electrons. The number of rotatable bonds is 1. The molecule has 1 aromatic carbocycles. The quantitative estimate of drug-likeness (QED) is 0.850. The Morgan fingerprint density at radius 2 is 2.15 bits per heavy atom. The van der Waals surface area contributed by atoms with Gasteiger partial charge in [0.25, 0.3) is 0 Å². The number of ether oxygens (including phenoxy) is 2. The van der Waals surface area contributed by atoms with Gasteiger partial charge in [-0.15, -0.1) is 0 Å². The van der Waals surface area contributed by atoms with E-state index in [-0.39, 0.29) is 11.6 Å². The molecule has 2 aliphatic rings. The van der Waals surface area contributed by atoms with Crippen molar-refractivity contribution in [3.05, 3.63) is 23.8 Å². The van der Waals surface area contributed by atoms with Crippen LogP contribution in [0.1, 0.15) is 51.1 Å². The average molecular weight is 275 g/mol. The fourth-order valence-electron chi connectivity index (χ4n) is 3.93. The van der Waals surface area contributed by atoms with Crippen LogP contribution in [0.3, 0.4) is 0 Å². The molecule has 1 heterocycles. The van der Waals surface area contributed by atoms with Crippen LogP contribution >= 0.6 is 0 Å². The fraction of sp³-hybridized carbons (Fsp3) is 0.647. The van der Waals surface area contributed by atoms with Crippen LogP contribution in [0.2, 0.25) is 0 Å². The lowest BCUT2D eigenvalue weighted by atomic mass is 9.66. The first kappa shape index (κ1) is 13.7. The summed E-state index contributed by atoms with van der Waals surface area (Å²) in [5.74, 6) is 3.00. The van der Waals surface area contributed by atoms with Gasteiger partial charge >= 0.3 is 0 Å². The lowest BCUT2D eigenvalue weighted by molar-refractivity contribution is -0.0615. The molecular formula is C17H25NO2. The van der Waals surface area contributed by atoms with Gasteiger partial charge in [-0.1, -0.05) is 26.3 Å². The highest BCUT2D eigenvalue weighted by molar-refractivity contribution is 5.44. The Bertz CT molecular complexity index is 502. The average Bonchev–Trinajstić information content (AvgIpc) is 2.44. The van der Waals surface area contributed by atoms with Crippen molar-refractivity contribution in [2.45, 2.75) is 51.2 Å². The summed E-state index contributed by atoms with van der Waals surface area (Å²) >= 11 is 0. The third-order valence-corrected chi connectivity index (χ3v) is 5.44. The third kappa shape index (κ3) is 2.08. The molecule has 0 radical (unpaired) electrons. The van der Waals surface area contributed by atoms with Crippen LogP contribution in [0.15, 0.2) is 18.2 Å². The zero-order chi connectivity index (χ0) is 14.3. The monoisotopic (exact) mass is 275 g/mol. The molecule has 3 rings (SSSR count). The van der Waals surface area contributed by atoms with Gasteiger partial charge in [-0.25, -0.2) is 0 Å². The van der Waals surface area contributed by atoms with E-state index < -0.39 is 0 Å². The number of fused-ring (bicyclic) bond motifs is 1. The number of hydrogen-bond donors (Lipinski definition) is 1. The van der Waals surface area contributed by atoms with Crippen LogP contribution in [-0.2, 0) is 0 Å². The highest BCUT2D eigenvalue weighted by Gasteiger charge is 2.47. The Morgan fingerprint density at radius 3 is 2.90 bits per heavy atom. The summed E-state index contributed by atoms with van der Waals surface area (Å²) in [4.78, 5) is 0. The minimum Gasteiger partial charge on any atom is -0.497 e. The topological polar surface area (TPSA) is 44.5 Å². The van der Waals surface area contributed by atoms with Crippen molar-refractivity contribution in [1.29, 1.82) is 0 Å². The summed E-state index contributed by atoms with van der Waals surface area (Å²) in [7, 11) is 1.69. The second-order valence-electron chi connectivity index (χ2n) is 6.54. The Morgan fingerprint density at radius 1 is 1.35 bits per heavy atom. The van der Waals surface area contributed by atoms with Crippen LogP contribution in [0.4, 0.5) is 0 Å². The molecule has 0 bridgehead atoms. The van der Waals surface area contributed by atoms with E-state index in [1.54, 1.807) is 7.11 Å². The first-order chi connectivity index (χ1) is 9.55. The van der Waals surface area contributed by atoms with Crippen LogP contribution < -0.4 is 15.2 Å². The number of methoxy groups -OCH3 is 1. The molecule has 3 heteroatoms. The Balaban J connectivity index is 1.98. The molecule has 0 amide bonds. The van der Waals surface area contributed by atoms with Gasteiger partial charge in [0.15, 0.2) is 0 Å². The van der Waals surface area contributed by atoms with Gasteiger partial charge in [-0.05, 0) is 30.7 Å². The van der Waals surface area contributed by atoms with Crippen LogP contribution in [0.25, 0.3) is 0 Å². The highest BCUT2D eigenvalue weighted by atomic mass is 16.5. The zero-order valence-electron chi connectivity index (χ0n) is 12.7. The van der Waals surface area contributed by atoms with E-state index in [4.69, 9.17) is 15.2 Å². The van der Waals surface area contributed by atoms with Crippen LogP contribution in [-0.4, -0.2) is 12.7 Å². The van der Waals surface area contributed by atoms with E-state index >= 15 is 0 Å². The molecule has 4 atom stereocenters. The fourth-order valence-corrected chi connectivity index (χ4v) is 3.93. The van der Waals surface area contributed by atoms with Gasteiger partial charge in [-0.3, -0.25) is 0 Å². The Labute approximate surface area is 121 Å². The molecular weight excluding hydrogens is 250 g/mol. The minimum atomic E-state index is -0.0869. The molecule has 2 N–H and O–H groups in total. The van der Waals surface area contributed by atoms with E-state index in [9.17, 15) is 0 Å². The standard InChI is InChI=1S/C17H25NO2/c1-11-5-4-8-17(12(11)2)10-15(18)14-7-6-13(19-3)9-16(14)20-17/h6-7,9,11-12,15H,4-5,8,10,18H2,1-3H3. The predicted octanol–water partition coefficient (Wildman–Crippen LogP) is 3.67. The van der Waals surface area contributed by atoms with Gasteiger partial charge in [0.05, 0.1) is 7.11 Å². The van der Waals surface area contributed by atoms with E-state index in [1.165, 1.54) is 12.8 Å². The lowest BCUT2D eigenvalue weighted by Gasteiger charge is -2.49. The molecule has 4 unspecified atom stereocenters. The maximum Gasteiger partial charge on any atom is 0.128 e. The molecule has 0 saturated heterocycles. The summed E-state index contributed by atoms with van der Waals surface area (Å²) in [6, 6.07) is 6.06. The van der Waals surface area contributed by atoms with Crippen molar-refractivity contribution in [3.63, 3.8) is 0 Å². The molecule has 1 aliphatic heterocycles.